The molecule has 0 saturated carbocycles. The van der Waals surface area contributed by atoms with Crippen LogP contribution in [0, 0.1) is 23.6 Å². The van der Waals surface area contributed by atoms with Crippen LogP contribution >= 0.6 is 0 Å². The summed E-state index contributed by atoms with van der Waals surface area (Å²) >= 11 is 0. The highest BCUT2D eigenvalue weighted by Crippen LogP contribution is 2.34. The van der Waals surface area contributed by atoms with Gasteiger partial charge >= 0.3 is 6.18 Å². The van der Waals surface area contributed by atoms with Crippen LogP contribution in [0.2, 0.25) is 0 Å². The lowest BCUT2D eigenvalue weighted by molar-refractivity contribution is -0.138. The minimum atomic E-state index is -4.72. The van der Waals surface area contributed by atoms with Crippen molar-refractivity contribution in [1.82, 2.24) is 20.0 Å². The second-order valence-corrected chi connectivity index (χ2v) is 11.9. The molecular weight excluding hydrogens is 624 g/mol. The average molecular weight is 651 g/mol. The molecule has 4 heterocycles. The Morgan fingerprint density at radius 2 is 1.74 bits per heavy atom. The molecule has 0 bridgehead atoms. The summed E-state index contributed by atoms with van der Waals surface area (Å²) in [4.78, 5) is 65.7. The molecule has 0 radical (unpaired) electrons. The number of aromatic nitrogens is 2. The van der Waals surface area contributed by atoms with E-state index in [0.29, 0.717) is 36.5 Å². The van der Waals surface area contributed by atoms with Crippen LogP contribution in [0.25, 0.3) is 0 Å². The number of hydrogen-bond donors (Lipinski definition) is 2. The van der Waals surface area contributed by atoms with Crippen molar-refractivity contribution in [2.75, 3.05) is 23.3 Å². The monoisotopic (exact) mass is 650 g/mol. The summed E-state index contributed by atoms with van der Waals surface area (Å²) in [5, 5.41) is 8.68. The van der Waals surface area contributed by atoms with Crippen LogP contribution < -0.4 is 15.5 Å². The van der Waals surface area contributed by atoms with Crippen molar-refractivity contribution in [2.45, 2.75) is 44.4 Å². The quantitative estimate of drug-likeness (QED) is 0.246. The number of rotatable bonds is 5. The number of piperidine rings is 1. The molecule has 3 aliphatic rings. The number of benzene rings is 2. The van der Waals surface area contributed by atoms with E-state index in [1.807, 2.05) is 4.90 Å². The van der Waals surface area contributed by atoms with Crippen molar-refractivity contribution < 1.29 is 41.5 Å². The third-order valence-corrected chi connectivity index (χ3v) is 8.35. The Hall–Kier alpha value is -5.52. The number of amides is 5. The largest absolute Gasteiger partial charge is 0.416 e. The summed E-state index contributed by atoms with van der Waals surface area (Å²) in [6.07, 6.45) is -1.63. The number of anilines is 2. The molecule has 0 spiro atoms. The zero-order valence-corrected chi connectivity index (χ0v) is 24.9. The second kappa shape index (κ2) is 11.4. The van der Waals surface area contributed by atoms with Crippen molar-refractivity contribution >= 4 is 40.9 Å². The third kappa shape index (κ3) is 5.82. The van der Waals surface area contributed by atoms with Gasteiger partial charge in [-0.1, -0.05) is 11.8 Å². The first-order valence-electron chi connectivity index (χ1n) is 14.5. The number of imide groups is 2. The average Bonchev–Trinajstić information content (AvgIpc) is 3.56. The Kier molecular flexibility index (Phi) is 7.61. The number of nitrogens with one attached hydrogen (secondary N) is 2. The molecule has 2 saturated heterocycles. The first kappa shape index (κ1) is 31.5. The number of carbonyl (C=O) groups excluding carboxylic acids is 5. The highest BCUT2D eigenvalue weighted by molar-refractivity contribution is 6.23. The van der Waals surface area contributed by atoms with Gasteiger partial charge in [-0.25, -0.2) is 4.39 Å². The van der Waals surface area contributed by atoms with E-state index in [1.165, 1.54) is 30.9 Å². The minimum absolute atomic E-state index is 0.0340. The molecule has 3 aromatic rings. The number of hydrogen-bond acceptors (Lipinski definition) is 7. The SMILES string of the molecule is CC(C)(C(=O)Nc1ccc(C(F)(F)F)cc1F)n1cc(C#CC2CN(c3ccc4c(c3)C(=O)N(C3CCC(=O)NC3=O)C4=O)C2)cn1. The molecule has 1 atom stereocenters. The van der Waals surface area contributed by atoms with E-state index >= 15 is 0 Å². The lowest BCUT2D eigenvalue weighted by Crippen LogP contribution is -2.54. The smallest absolute Gasteiger partial charge is 0.369 e. The van der Waals surface area contributed by atoms with Crippen LogP contribution in [0.1, 0.15) is 58.5 Å². The standard InChI is InChI=1S/C32H26F4N6O5/c1-31(2,30(47)38-24-8-5-19(11-23(24)33)32(34,35)36)41-16-17(13-37-41)3-4-18-14-40(15-18)20-6-7-21-22(12-20)29(46)42(28(21)45)25-9-10-26(43)39-27(25)44/h5-8,11-13,16,18,25H,9-10,14-15H2,1-2H3,(H,38,47)(H,39,43,44). The van der Waals surface area contributed by atoms with Gasteiger partial charge in [0.1, 0.15) is 17.4 Å². The molecule has 15 heteroatoms. The molecule has 11 nitrogen and oxygen atoms in total. The van der Waals surface area contributed by atoms with E-state index in [2.05, 4.69) is 27.6 Å². The van der Waals surface area contributed by atoms with Gasteiger partial charge in [0, 0.05) is 31.4 Å². The zero-order chi connectivity index (χ0) is 33.8. The van der Waals surface area contributed by atoms with Crippen LogP contribution in [0.15, 0.2) is 48.8 Å². The predicted molar refractivity (Wildman–Crippen MR) is 157 cm³/mol. The molecule has 3 aliphatic heterocycles. The fourth-order valence-electron chi connectivity index (χ4n) is 5.49. The topological polar surface area (TPSA) is 134 Å². The summed E-state index contributed by atoms with van der Waals surface area (Å²) in [6, 6.07) is 5.68. The van der Waals surface area contributed by atoms with Crippen LogP contribution in [0.5, 0.6) is 0 Å². The fourth-order valence-corrected chi connectivity index (χ4v) is 5.49. The van der Waals surface area contributed by atoms with Crippen LogP contribution in [0.3, 0.4) is 0 Å². The van der Waals surface area contributed by atoms with Crippen molar-refractivity contribution in [3.8, 4) is 11.8 Å². The molecule has 2 fully saturated rings. The maximum atomic E-state index is 14.3. The van der Waals surface area contributed by atoms with Crippen LogP contribution in [-0.2, 0) is 26.1 Å². The van der Waals surface area contributed by atoms with Gasteiger partial charge in [0.25, 0.3) is 17.7 Å². The number of carbonyl (C=O) groups is 5. The summed E-state index contributed by atoms with van der Waals surface area (Å²) in [7, 11) is 0. The van der Waals surface area contributed by atoms with E-state index in [9.17, 15) is 41.5 Å². The highest BCUT2D eigenvalue weighted by Gasteiger charge is 2.45. The van der Waals surface area contributed by atoms with Crippen molar-refractivity contribution in [3.05, 3.63) is 76.9 Å². The fraction of sp³-hybridized carbons (Fsp3) is 0.312. The molecule has 2 aromatic carbocycles. The van der Waals surface area contributed by atoms with Crippen LogP contribution in [-0.4, -0.2) is 63.3 Å². The molecular formula is C32H26F4N6O5. The molecule has 47 heavy (non-hydrogen) atoms. The van der Waals surface area contributed by atoms with Gasteiger partial charge in [-0.05, 0) is 56.7 Å². The van der Waals surface area contributed by atoms with Crippen molar-refractivity contribution in [3.63, 3.8) is 0 Å². The van der Waals surface area contributed by atoms with E-state index in [-0.39, 0.29) is 29.9 Å². The van der Waals surface area contributed by atoms with Gasteiger partial charge in [-0.15, -0.1) is 0 Å². The first-order chi connectivity index (χ1) is 22.1. The maximum absolute atomic E-state index is 14.3. The third-order valence-electron chi connectivity index (χ3n) is 8.35. The lowest BCUT2D eigenvalue weighted by atomic mass is 9.98. The summed E-state index contributed by atoms with van der Waals surface area (Å²) in [5.74, 6) is 1.89. The number of alkyl halides is 3. The number of nitrogens with zero attached hydrogens (tertiary/aromatic N) is 4. The predicted octanol–water partition coefficient (Wildman–Crippen LogP) is 3.30. The molecule has 0 aliphatic carbocycles. The van der Waals surface area contributed by atoms with E-state index in [0.717, 1.165) is 11.0 Å². The molecule has 1 unspecified atom stereocenters. The van der Waals surface area contributed by atoms with Crippen molar-refractivity contribution in [1.29, 1.82) is 0 Å². The first-order valence-corrected chi connectivity index (χ1v) is 14.5. The van der Waals surface area contributed by atoms with Gasteiger partial charge in [-0.2, -0.15) is 18.3 Å². The Labute approximate surface area is 264 Å². The Morgan fingerprint density at radius 1 is 1.02 bits per heavy atom. The van der Waals surface area contributed by atoms with E-state index in [4.69, 9.17) is 0 Å². The van der Waals surface area contributed by atoms with Gasteiger partial charge < -0.3 is 10.2 Å². The Bertz CT molecular complexity index is 1920. The normalized spacial score (nSPS) is 18.4. The molecule has 6 rings (SSSR count). The number of halogens is 4. The van der Waals surface area contributed by atoms with Crippen LogP contribution in [0.4, 0.5) is 28.9 Å². The summed E-state index contributed by atoms with van der Waals surface area (Å²) < 4.78 is 54.1. The van der Waals surface area contributed by atoms with Crippen molar-refractivity contribution in [2.24, 2.45) is 5.92 Å². The molecule has 1 aromatic heterocycles. The molecule has 5 amide bonds. The maximum Gasteiger partial charge on any atom is 0.416 e. The lowest BCUT2D eigenvalue weighted by Gasteiger charge is -2.38. The van der Waals surface area contributed by atoms with E-state index < -0.39 is 64.4 Å². The summed E-state index contributed by atoms with van der Waals surface area (Å²) in [5.41, 5.74) is -1.33. The molecule has 242 valence electrons. The van der Waals surface area contributed by atoms with Gasteiger partial charge in [0.2, 0.25) is 11.8 Å². The summed E-state index contributed by atoms with van der Waals surface area (Å²) in [6.45, 7) is 4.09. The minimum Gasteiger partial charge on any atom is -0.369 e. The zero-order valence-electron chi connectivity index (χ0n) is 24.9. The van der Waals surface area contributed by atoms with Gasteiger partial charge in [-0.3, -0.25) is 38.9 Å². The van der Waals surface area contributed by atoms with Gasteiger partial charge in [0.05, 0.1) is 40.1 Å². The highest BCUT2D eigenvalue weighted by atomic mass is 19.4. The van der Waals surface area contributed by atoms with Gasteiger partial charge in [0.15, 0.2) is 0 Å². The van der Waals surface area contributed by atoms with E-state index in [1.54, 1.807) is 18.2 Å². The molecule has 2 N–H and O–H groups in total. The Balaban J connectivity index is 1.07. The second-order valence-electron chi connectivity index (χ2n) is 11.9. The number of fused-ring (bicyclic) bond motifs is 1. The Morgan fingerprint density at radius 3 is 2.43 bits per heavy atom.